The normalized spacial score (nSPS) is 11.2. The second-order valence-electron chi connectivity index (χ2n) is 4.89. The molecule has 3 rings (SSSR count). The van der Waals surface area contributed by atoms with E-state index in [-0.39, 0.29) is 11.6 Å². The summed E-state index contributed by atoms with van der Waals surface area (Å²) in [6.07, 6.45) is 0.951. The molecule has 21 heavy (non-hydrogen) atoms. The maximum atomic E-state index is 13.4. The molecular weight excluding hydrogens is 382 g/mol. The van der Waals surface area contributed by atoms with Crippen LogP contribution in [0.2, 0.25) is 0 Å². The predicted octanol–water partition coefficient (Wildman–Crippen LogP) is 4.56. The van der Waals surface area contributed by atoms with E-state index in [1.807, 2.05) is 12.1 Å². The monoisotopic (exact) mass is 396 g/mol. The lowest BCUT2D eigenvalue weighted by molar-refractivity contribution is 0.471. The van der Waals surface area contributed by atoms with Crippen molar-refractivity contribution in [2.24, 2.45) is 0 Å². The topological polar surface area (TPSA) is 38.0 Å². The van der Waals surface area contributed by atoms with Gasteiger partial charge in [0.15, 0.2) is 0 Å². The maximum Gasteiger partial charge on any atom is 0.141 e. The number of aromatic hydroxyl groups is 1. The van der Waals surface area contributed by atoms with Gasteiger partial charge in [-0.05, 0) is 59.3 Å². The summed E-state index contributed by atoms with van der Waals surface area (Å²) in [5, 5.41) is 9.90. The number of hydrogen-bond acceptors (Lipinski definition) is 2. The zero-order valence-corrected chi connectivity index (χ0v) is 13.6. The van der Waals surface area contributed by atoms with Crippen LogP contribution in [-0.2, 0) is 6.54 Å². The van der Waals surface area contributed by atoms with Crippen LogP contribution < -0.4 is 0 Å². The zero-order valence-electron chi connectivity index (χ0n) is 11.5. The van der Waals surface area contributed by atoms with Crippen molar-refractivity contribution >= 4 is 33.6 Å². The van der Waals surface area contributed by atoms with E-state index < -0.39 is 0 Å². The second kappa shape index (κ2) is 5.63. The minimum absolute atomic E-state index is 0.231. The number of phenols is 1. The third-order valence-electron chi connectivity index (χ3n) is 3.36. The number of benzene rings is 2. The molecule has 0 unspecified atom stereocenters. The summed E-state index contributed by atoms with van der Waals surface area (Å²) in [6.45, 7) is 2.88. The van der Waals surface area contributed by atoms with E-state index in [0.717, 1.165) is 33.4 Å². The summed E-state index contributed by atoms with van der Waals surface area (Å²) in [5.74, 6) is 0.694. The van der Waals surface area contributed by atoms with Crippen molar-refractivity contribution < 1.29 is 9.50 Å². The van der Waals surface area contributed by atoms with Gasteiger partial charge in [-0.15, -0.1) is 0 Å². The highest BCUT2D eigenvalue weighted by atomic mass is 127. The summed E-state index contributed by atoms with van der Waals surface area (Å²) >= 11 is 2.08. The Morgan fingerprint density at radius 1 is 1.24 bits per heavy atom. The van der Waals surface area contributed by atoms with Crippen molar-refractivity contribution in [1.82, 2.24) is 9.55 Å². The SMILES string of the molecule is CCCn1c(-c2ccc(I)c(O)c2)nc2cc(F)ccc21. The average Bonchev–Trinajstić information content (AvgIpc) is 2.80. The number of halogens is 2. The fourth-order valence-corrected chi connectivity index (χ4v) is 2.76. The van der Waals surface area contributed by atoms with Crippen LogP contribution in [0.25, 0.3) is 22.4 Å². The first kappa shape index (κ1) is 14.3. The number of fused-ring (bicyclic) bond motifs is 1. The molecule has 5 heteroatoms. The highest BCUT2D eigenvalue weighted by Crippen LogP contribution is 2.30. The molecule has 0 spiro atoms. The number of aryl methyl sites for hydroxylation is 1. The van der Waals surface area contributed by atoms with E-state index in [9.17, 15) is 9.50 Å². The standard InChI is InChI=1S/C16H14FIN2O/c1-2-7-20-14-6-4-11(17)9-13(14)19-16(20)10-3-5-12(18)15(21)8-10/h3-6,8-9,21H,2,7H2,1H3. The Morgan fingerprint density at radius 3 is 2.76 bits per heavy atom. The van der Waals surface area contributed by atoms with Gasteiger partial charge >= 0.3 is 0 Å². The minimum atomic E-state index is -0.291. The first-order valence-electron chi connectivity index (χ1n) is 6.75. The Bertz CT molecular complexity index is 813. The first-order chi connectivity index (χ1) is 10.1. The van der Waals surface area contributed by atoms with E-state index in [4.69, 9.17) is 0 Å². The number of nitrogens with zero attached hydrogens (tertiary/aromatic N) is 2. The maximum absolute atomic E-state index is 13.4. The minimum Gasteiger partial charge on any atom is -0.507 e. The molecule has 3 aromatic rings. The van der Waals surface area contributed by atoms with Crippen LogP contribution in [0.15, 0.2) is 36.4 Å². The van der Waals surface area contributed by atoms with Gasteiger partial charge < -0.3 is 9.67 Å². The van der Waals surface area contributed by atoms with Crippen LogP contribution in [0.4, 0.5) is 4.39 Å². The lowest BCUT2D eigenvalue weighted by Crippen LogP contribution is -1.99. The lowest BCUT2D eigenvalue weighted by atomic mass is 10.2. The second-order valence-corrected chi connectivity index (χ2v) is 6.05. The number of aromatic nitrogens is 2. The largest absolute Gasteiger partial charge is 0.507 e. The van der Waals surface area contributed by atoms with E-state index >= 15 is 0 Å². The molecule has 0 atom stereocenters. The Balaban J connectivity index is 2.24. The van der Waals surface area contributed by atoms with Crippen molar-refractivity contribution in [2.45, 2.75) is 19.9 Å². The summed E-state index contributed by atoms with van der Waals surface area (Å²) in [4.78, 5) is 4.54. The highest BCUT2D eigenvalue weighted by molar-refractivity contribution is 14.1. The molecule has 0 saturated carbocycles. The van der Waals surface area contributed by atoms with Crippen LogP contribution in [0.3, 0.4) is 0 Å². The summed E-state index contributed by atoms with van der Waals surface area (Å²) in [5.41, 5.74) is 2.38. The third kappa shape index (κ3) is 2.62. The molecule has 0 saturated heterocycles. The zero-order chi connectivity index (χ0) is 15.0. The summed E-state index contributed by atoms with van der Waals surface area (Å²) < 4.78 is 16.3. The molecule has 2 aromatic carbocycles. The number of rotatable bonds is 3. The average molecular weight is 396 g/mol. The Morgan fingerprint density at radius 2 is 2.05 bits per heavy atom. The summed E-state index contributed by atoms with van der Waals surface area (Å²) in [6, 6.07) is 10.1. The van der Waals surface area contributed by atoms with Crippen LogP contribution in [0.5, 0.6) is 5.75 Å². The molecule has 108 valence electrons. The predicted molar refractivity (Wildman–Crippen MR) is 89.8 cm³/mol. The Hall–Kier alpha value is -1.63. The van der Waals surface area contributed by atoms with Crippen LogP contribution in [0, 0.1) is 9.39 Å². The Labute approximate surface area is 135 Å². The quantitative estimate of drug-likeness (QED) is 0.660. The molecule has 0 aliphatic carbocycles. The van der Waals surface area contributed by atoms with Crippen molar-refractivity contribution in [3.8, 4) is 17.1 Å². The lowest BCUT2D eigenvalue weighted by Gasteiger charge is -2.08. The molecule has 0 amide bonds. The van der Waals surface area contributed by atoms with Gasteiger partial charge in [0.1, 0.15) is 17.4 Å². The van der Waals surface area contributed by atoms with Crippen molar-refractivity contribution in [2.75, 3.05) is 0 Å². The third-order valence-corrected chi connectivity index (χ3v) is 4.27. The first-order valence-corrected chi connectivity index (χ1v) is 7.82. The van der Waals surface area contributed by atoms with E-state index in [0.29, 0.717) is 5.52 Å². The van der Waals surface area contributed by atoms with Gasteiger partial charge in [-0.1, -0.05) is 6.92 Å². The number of phenolic OH excluding ortho intramolecular Hbond substituents is 1. The molecule has 0 aliphatic heterocycles. The fourth-order valence-electron chi connectivity index (χ4n) is 2.43. The number of imidazole rings is 1. The van der Waals surface area contributed by atoms with Crippen molar-refractivity contribution in [3.63, 3.8) is 0 Å². The van der Waals surface area contributed by atoms with Crippen molar-refractivity contribution in [1.29, 1.82) is 0 Å². The molecule has 0 fully saturated rings. The van der Waals surface area contributed by atoms with Crippen LogP contribution in [-0.4, -0.2) is 14.7 Å². The van der Waals surface area contributed by atoms with Gasteiger partial charge in [0.05, 0.1) is 14.6 Å². The van der Waals surface area contributed by atoms with Gasteiger partial charge in [0.25, 0.3) is 0 Å². The smallest absolute Gasteiger partial charge is 0.141 e. The number of hydrogen-bond donors (Lipinski definition) is 1. The molecule has 0 radical (unpaired) electrons. The molecular formula is C16H14FIN2O. The molecule has 1 heterocycles. The molecule has 0 bridgehead atoms. The fraction of sp³-hybridized carbons (Fsp3) is 0.188. The highest BCUT2D eigenvalue weighted by Gasteiger charge is 2.13. The van der Waals surface area contributed by atoms with Gasteiger partial charge in [-0.2, -0.15) is 0 Å². The van der Waals surface area contributed by atoms with Crippen LogP contribution >= 0.6 is 22.6 Å². The molecule has 1 aromatic heterocycles. The van der Waals surface area contributed by atoms with Crippen LogP contribution in [0.1, 0.15) is 13.3 Å². The van der Waals surface area contributed by atoms with Gasteiger partial charge in [0, 0.05) is 18.2 Å². The van der Waals surface area contributed by atoms with Gasteiger partial charge in [0.2, 0.25) is 0 Å². The van der Waals surface area contributed by atoms with E-state index in [1.54, 1.807) is 12.1 Å². The van der Waals surface area contributed by atoms with Crippen molar-refractivity contribution in [3.05, 3.63) is 45.8 Å². The molecule has 1 N–H and O–H groups in total. The molecule has 0 aliphatic rings. The summed E-state index contributed by atoms with van der Waals surface area (Å²) in [7, 11) is 0. The molecule has 3 nitrogen and oxygen atoms in total. The van der Waals surface area contributed by atoms with Gasteiger partial charge in [-0.25, -0.2) is 9.37 Å². The van der Waals surface area contributed by atoms with E-state index in [1.165, 1.54) is 12.1 Å². The van der Waals surface area contributed by atoms with E-state index in [2.05, 4.69) is 39.1 Å². The Kier molecular flexibility index (Phi) is 3.84. The van der Waals surface area contributed by atoms with Gasteiger partial charge in [-0.3, -0.25) is 0 Å².